The fourth-order valence-corrected chi connectivity index (χ4v) is 3.05. The Labute approximate surface area is 118 Å². The van der Waals surface area contributed by atoms with Crippen molar-refractivity contribution in [2.45, 2.75) is 10.9 Å². The molecule has 1 aliphatic rings. The standard InChI is InChI=1S/C10H9ClN2O6S/c11-7-3-5(1-2-6(7)10(15)16)20(17,18)13-8-4-19-12-9(8)14/h1-3,8,13H,4H2,(H,12,14)(H,15,16)/t8-/m1/s1. The highest BCUT2D eigenvalue weighted by Gasteiger charge is 2.31. The number of carbonyl (C=O) groups excluding carboxylic acids is 1. The van der Waals surface area contributed by atoms with E-state index in [0.717, 1.165) is 18.2 Å². The quantitative estimate of drug-likeness (QED) is 0.703. The summed E-state index contributed by atoms with van der Waals surface area (Å²) in [6, 6.07) is 2.12. The van der Waals surface area contributed by atoms with E-state index < -0.39 is 27.9 Å². The summed E-state index contributed by atoms with van der Waals surface area (Å²) < 4.78 is 26.2. The van der Waals surface area contributed by atoms with Crippen molar-refractivity contribution in [2.24, 2.45) is 0 Å². The summed E-state index contributed by atoms with van der Waals surface area (Å²) in [6.07, 6.45) is 0. The topological polar surface area (TPSA) is 122 Å². The van der Waals surface area contributed by atoms with Crippen LogP contribution in [0.3, 0.4) is 0 Å². The Morgan fingerprint density at radius 3 is 2.70 bits per heavy atom. The van der Waals surface area contributed by atoms with Crippen LogP contribution >= 0.6 is 11.6 Å². The van der Waals surface area contributed by atoms with Crippen LogP contribution in [0, 0.1) is 0 Å². The van der Waals surface area contributed by atoms with Crippen molar-refractivity contribution in [2.75, 3.05) is 6.61 Å². The molecule has 1 aromatic rings. The van der Waals surface area contributed by atoms with E-state index in [0.29, 0.717) is 0 Å². The number of amides is 1. The minimum absolute atomic E-state index is 0.140. The van der Waals surface area contributed by atoms with Crippen molar-refractivity contribution in [3.05, 3.63) is 28.8 Å². The number of carbonyl (C=O) groups is 2. The van der Waals surface area contributed by atoms with E-state index in [2.05, 4.69) is 9.56 Å². The second-order valence-corrected chi connectivity index (χ2v) is 6.02. The predicted octanol–water partition coefficient (Wildman–Crippen LogP) is -0.253. The van der Waals surface area contributed by atoms with E-state index in [-0.39, 0.29) is 22.1 Å². The van der Waals surface area contributed by atoms with Gasteiger partial charge in [-0.1, -0.05) is 11.6 Å². The Balaban J connectivity index is 2.28. The molecule has 1 atom stereocenters. The summed E-state index contributed by atoms with van der Waals surface area (Å²) in [7, 11) is -4.01. The highest BCUT2D eigenvalue weighted by Crippen LogP contribution is 2.21. The summed E-state index contributed by atoms with van der Waals surface area (Å²) in [5, 5.41) is 8.59. The summed E-state index contributed by atoms with van der Waals surface area (Å²) in [6.45, 7) is -0.140. The maximum atomic E-state index is 12.0. The molecule has 1 saturated heterocycles. The summed E-state index contributed by atoms with van der Waals surface area (Å²) in [5.74, 6) is -1.88. The van der Waals surface area contributed by atoms with Crippen molar-refractivity contribution in [1.82, 2.24) is 10.2 Å². The molecular weight excluding hydrogens is 312 g/mol. The number of carboxylic acids is 1. The average molecular weight is 321 g/mol. The first-order valence-corrected chi connectivity index (χ1v) is 7.14. The number of nitrogens with one attached hydrogen (secondary N) is 2. The molecule has 1 amide bonds. The Kier molecular flexibility index (Phi) is 3.95. The van der Waals surface area contributed by atoms with Gasteiger partial charge in [0.1, 0.15) is 12.6 Å². The fourth-order valence-electron chi connectivity index (χ4n) is 1.52. The molecule has 0 radical (unpaired) electrons. The number of benzene rings is 1. The summed E-state index contributed by atoms with van der Waals surface area (Å²) in [5.41, 5.74) is 1.79. The molecule has 108 valence electrons. The van der Waals surface area contributed by atoms with E-state index in [1.807, 2.05) is 5.48 Å². The monoisotopic (exact) mass is 320 g/mol. The molecule has 1 fully saturated rings. The second-order valence-electron chi connectivity index (χ2n) is 3.90. The van der Waals surface area contributed by atoms with Crippen molar-refractivity contribution < 1.29 is 28.0 Å². The minimum atomic E-state index is -4.01. The van der Waals surface area contributed by atoms with Crippen LogP contribution in [-0.2, 0) is 19.7 Å². The SMILES string of the molecule is O=C(O)c1ccc(S(=O)(=O)N[C@@H]2CONC2=O)cc1Cl. The molecule has 1 aliphatic heterocycles. The van der Waals surface area contributed by atoms with Gasteiger partial charge in [0.15, 0.2) is 0 Å². The molecule has 0 spiro atoms. The lowest BCUT2D eigenvalue weighted by Crippen LogP contribution is -2.41. The molecule has 0 aliphatic carbocycles. The molecule has 3 N–H and O–H groups in total. The molecule has 10 heteroatoms. The molecule has 0 unspecified atom stereocenters. The molecule has 20 heavy (non-hydrogen) atoms. The molecule has 0 aromatic heterocycles. The van der Waals surface area contributed by atoms with Gasteiger partial charge < -0.3 is 5.11 Å². The molecular formula is C10H9ClN2O6S. The Morgan fingerprint density at radius 1 is 1.50 bits per heavy atom. The molecule has 0 saturated carbocycles. The largest absolute Gasteiger partial charge is 0.478 e. The number of aromatic carboxylic acids is 1. The van der Waals surface area contributed by atoms with E-state index in [9.17, 15) is 18.0 Å². The Bertz CT molecular complexity index is 674. The number of carboxylic acid groups (broad SMARTS) is 1. The number of hydrogen-bond acceptors (Lipinski definition) is 5. The van der Waals surface area contributed by atoms with Gasteiger partial charge in [0, 0.05) is 0 Å². The zero-order chi connectivity index (χ0) is 14.9. The van der Waals surface area contributed by atoms with E-state index in [4.69, 9.17) is 16.7 Å². The van der Waals surface area contributed by atoms with Gasteiger partial charge in [-0.15, -0.1) is 0 Å². The van der Waals surface area contributed by atoms with Crippen LogP contribution < -0.4 is 10.2 Å². The zero-order valence-corrected chi connectivity index (χ0v) is 11.4. The van der Waals surface area contributed by atoms with Gasteiger partial charge in [0.2, 0.25) is 10.0 Å². The lowest BCUT2D eigenvalue weighted by atomic mass is 10.2. The van der Waals surface area contributed by atoms with Crippen molar-refractivity contribution in [1.29, 1.82) is 0 Å². The van der Waals surface area contributed by atoms with Crippen LogP contribution in [0.5, 0.6) is 0 Å². The third-order valence-electron chi connectivity index (χ3n) is 2.52. The van der Waals surface area contributed by atoms with Crippen LogP contribution in [-0.4, -0.2) is 38.0 Å². The van der Waals surface area contributed by atoms with Gasteiger partial charge >= 0.3 is 5.97 Å². The van der Waals surface area contributed by atoms with Crippen LogP contribution in [0.2, 0.25) is 5.02 Å². The lowest BCUT2D eigenvalue weighted by Gasteiger charge is -2.10. The molecule has 2 rings (SSSR count). The number of hydrogen-bond donors (Lipinski definition) is 3. The molecule has 1 heterocycles. The Hall–Kier alpha value is -1.68. The van der Waals surface area contributed by atoms with Gasteiger partial charge in [0.05, 0.1) is 15.5 Å². The van der Waals surface area contributed by atoms with Gasteiger partial charge in [-0.2, -0.15) is 4.72 Å². The smallest absolute Gasteiger partial charge is 0.337 e. The van der Waals surface area contributed by atoms with Gasteiger partial charge in [-0.05, 0) is 18.2 Å². The van der Waals surface area contributed by atoms with Crippen LogP contribution in [0.15, 0.2) is 23.1 Å². The second kappa shape index (κ2) is 5.37. The molecule has 8 nitrogen and oxygen atoms in total. The number of hydroxylamine groups is 1. The van der Waals surface area contributed by atoms with Crippen LogP contribution in [0.4, 0.5) is 0 Å². The van der Waals surface area contributed by atoms with Crippen molar-refractivity contribution >= 4 is 33.5 Å². The lowest BCUT2D eigenvalue weighted by molar-refractivity contribution is -0.124. The van der Waals surface area contributed by atoms with Crippen LogP contribution in [0.25, 0.3) is 0 Å². The number of halogens is 1. The number of sulfonamides is 1. The van der Waals surface area contributed by atoms with E-state index >= 15 is 0 Å². The van der Waals surface area contributed by atoms with Gasteiger partial charge in [0.25, 0.3) is 5.91 Å². The zero-order valence-electron chi connectivity index (χ0n) is 9.79. The van der Waals surface area contributed by atoms with Gasteiger partial charge in [-0.3, -0.25) is 9.63 Å². The third kappa shape index (κ3) is 2.90. The third-order valence-corrected chi connectivity index (χ3v) is 4.30. The van der Waals surface area contributed by atoms with E-state index in [1.54, 1.807) is 0 Å². The predicted molar refractivity (Wildman–Crippen MR) is 66.6 cm³/mol. The maximum Gasteiger partial charge on any atom is 0.337 e. The fraction of sp³-hybridized carbons (Fsp3) is 0.200. The normalized spacial score (nSPS) is 18.9. The minimum Gasteiger partial charge on any atom is -0.478 e. The average Bonchev–Trinajstić information content (AvgIpc) is 2.73. The highest BCUT2D eigenvalue weighted by atomic mass is 35.5. The molecule has 1 aromatic carbocycles. The van der Waals surface area contributed by atoms with Crippen molar-refractivity contribution in [3.63, 3.8) is 0 Å². The highest BCUT2D eigenvalue weighted by molar-refractivity contribution is 7.89. The van der Waals surface area contributed by atoms with Crippen LogP contribution in [0.1, 0.15) is 10.4 Å². The summed E-state index contributed by atoms with van der Waals surface area (Å²) in [4.78, 5) is 26.4. The number of rotatable bonds is 4. The maximum absolute atomic E-state index is 12.0. The Morgan fingerprint density at radius 2 is 2.20 bits per heavy atom. The first-order valence-electron chi connectivity index (χ1n) is 5.28. The first-order chi connectivity index (χ1) is 9.31. The first kappa shape index (κ1) is 14.7. The van der Waals surface area contributed by atoms with Crippen molar-refractivity contribution in [3.8, 4) is 0 Å². The summed E-state index contributed by atoms with van der Waals surface area (Å²) >= 11 is 5.70. The molecule has 0 bridgehead atoms. The van der Waals surface area contributed by atoms with Gasteiger partial charge in [-0.25, -0.2) is 18.7 Å². The van der Waals surface area contributed by atoms with E-state index in [1.165, 1.54) is 0 Å².